The Labute approximate surface area is 119 Å². The number of carboxylic acids is 1. The molecule has 0 bridgehead atoms. The second-order valence-electron chi connectivity index (χ2n) is 3.84. The van der Waals surface area contributed by atoms with Crippen LogP contribution in [0, 0.1) is 0 Å². The van der Waals surface area contributed by atoms with Gasteiger partial charge in [0.1, 0.15) is 6.04 Å². The molecule has 1 atom stereocenters. The van der Waals surface area contributed by atoms with Crippen molar-refractivity contribution in [2.24, 2.45) is 5.73 Å². The number of thiazole rings is 1. The van der Waals surface area contributed by atoms with E-state index in [-0.39, 0.29) is 0 Å². The van der Waals surface area contributed by atoms with Gasteiger partial charge in [-0.3, -0.25) is 4.79 Å². The van der Waals surface area contributed by atoms with E-state index in [0.717, 1.165) is 5.69 Å². The molecular weight excluding hydrogens is 280 g/mol. The molecule has 0 saturated heterocycles. The van der Waals surface area contributed by atoms with Gasteiger partial charge in [-0.2, -0.15) is 0 Å². The van der Waals surface area contributed by atoms with E-state index in [0.29, 0.717) is 23.3 Å². The quantitative estimate of drug-likeness (QED) is 0.744. The SMILES string of the molecule is CCOc1ccc(Nc2nc(C(N)C(=O)O)cs2)cn1. The highest BCUT2D eigenvalue weighted by Gasteiger charge is 2.17. The molecule has 0 radical (unpaired) electrons. The highest BCUT2D eigenvalue weighted by molar-refractivity contribution is 7.13. The predicted molar refractivity (Wildman–Crippen MR) is 75.4 cm³/mol. The Balaban J connectivity index is 2.04. The summed E-state index contributed by atoms with van der Waals surface area (Å²) < 4.78 is 5.24. The van der Waals surface area contributed by atoms with Gasteiger partial charge >= 0.3 is 5.97 Å². The smallest absolute Gasteiger partial charge is 0.326 e. The third kappa shape index (κ3) is 3.43. The number of nitrogens with two attached hydrogens (primary N) is 1. The van der Waals surface area contributed by atoms with E-state index in [9.17, 15) is 4.79 Å². The van der Waals surface area contributed by atoms with Crippen LogP contribution in [-0.4, -0.2) is 27.7 Å². The van der Waals surface area contributed by atoms with Crippen molar-refractivity contribution >= 4 is 28.1 Å². The maximum atomic E-state index is 10.8. The number of carboxylic acid groups (broad SMARTS) is 1. The monoisotopic (exact) mass is 294 g/mol. The molecule has 20 heavy (non-hydrogen) atoms. The maximum absolute atomic E-state index is 10.8. The van der Waals surface area contributed by atoms with E-state index >= 15 is 0 Å². The summed E-state index contributed by atoms with van der Waals surface area (Å²) in [7, 11) is 0. The van der Waals surface area contributed by atoms with Crippen LogP contribution in [-0.2, 0) is 4.79 Å². The molecule has 2 rings (SSSR count). The van der Waals surface area contributed by atoms with Crippen molar-refractivity contribution in [1.82, 2.24) is 9.97 Å². The van der Waals surface area contributed by atoms with Gasteiger partial charge in [0.2, 0.25) is 5.88 Å². The van der Waals surface area contributed by atoms with Crippen molar-refractivity contribution in [3.05, 3.63) is 29.4 Å². The molecule has 7 nitrogen and oxygen atoms in total. The molecule has 0 aliphatic heterocycles. The molecule has 0 aliphatic rings. The van der Waals surface area contributed by atoms with E-state index in [1.54, 1.807) is 23.7 Å². The number of pyridine rings is 1. The number of nitrogens with zero attached hydrogens (tertiary/aromatic N) is 2. The van der Waals surface area contributed by atoms with Crippen LogP contribution in [0.15, 0.2) is 23.7 Å². The van der Waals surface area contributed by atoms with E-state index in [4.69, 9.17) is 15.6 Å². The predicted octanol–water partition coefficient (Wildman–Crippen LogP) is 1.76. The lowest BCUT2D eigenvalue weighted by Gasteiger charge is -2.04. The standard InChI is InChI=1S/C12H14N4O3S/c1-2-19-9-4-3-7(5-14-9)15-12-16-8(6-20-12)10(13)11(17)18/h3-6,10H,2,13H2,1H3,(H,15,16)(H,17,18). The molecular formula is C12H14N4O3S. The third-order valence-electron chi connectivity index (χ3n) is 2.39. The van der Waals surface area contributed by atoms with E-state index in [1.807, 2.05) is 6.92 Å². The lowest BCUT2D eigenvalue weighted by molar-refractivity contribution is -0.138. The van der Waals surface area contributed by atoms with Crippen LogP contribution in [0.3, 0.4) is 0 Å². The number of anilines is 2. The van der Waals surface area contributed by atoms with Gasteiger partial charge in [-0.25, -0.2) is 9.97 Å². The van der Waals surface area contributed by atoms with Crippen LogP contribution < -0.4 is 15.8 Å². The Hall–Kier alpha value is -2.19. The topological polar surface area (TPSA) is 110 Å². The fraction of sp³-hybridized carbons (Fsp3) is 0.250. The summed E-state index contributed by atoms with van der Waals surface area (Å²) >= 11 is 1.28. The first-order valence-electron chi connectivity index (χ1n) is 5.90. The van der Waals surface area contributed by atoms with Gasteiger partial charge in [0.05, 0.1) is 24.2 Å². The second-order valence-corrected chi connectivity index (χ2v) is 4.69. The normalized spacial score (nSPS) is 11.9. The van der Waals surface area contributed by atoms with Crippen molar-refractivity contribution in [2.75, 3.05) is 11.9 Å². The zero-order valence-corrected chi connectivity index (χ0v) is 11.6. The first kappa shape index (κ1) is 14.2. The van der Waals surface area contributed by atoms with Crippen LogP contribution in [0.1, 0.15) is 18.7 Å². The minimum atomic E-state index is -1.11. The van der Waals surface area contributed by atoms with Gasteiger partial charge in [-0.1, -0.05) is 0 Å². The lowest BCUT2D eigenvalue weighted by atomic mass is 10.2. The van der Waals surface area contributed by atoms with Gasteiger partial charge in [-0.05, 0) is 13.0 Å². The summed E-state index contributed by atoms with van der Waals surface area (Å²) in [6.45, 7) is 2.44. The summed E-state index contributed by atoms with van der Waals surface area (Å²) in [5.41, 5.74) is 6.54. The Morgan fingerprint density at radius 1 is 1.60 bits per heavy atom. The number of aromatic nitrogens is 2. The number of rotatable bonds is 6. The number of carbonyl (C=O) groups is 1. The molecule has 0 aliphatic carbocycles. The minimum Gasteiger partial charge on any atom is -0.480 e. The zero-order chi connectivity index (χ0) is 14.5. The molecule has 2 aromatic rings. The van der Waals surface area contributed by atoms with Crippen LogP contribution in [0.5, 0.6) is 5.88 Å². The molecule has 0 aromatic carbocycles. The summed E-state index contributed by atoms with van der Waals surface area (Å²) in [5.74, 6) is -0.560. The molecule has 4 N–H and O–H groups in total. The van der Waals surface area contributed by atoms with Crippen LogP contribution in [0.4, 0.5) is 10.8 Å². The molecule has 2 aromatic heterocycles. The van der Waals surface area contributed by atoms with Gasteiger partial charge < -0.3 is 20.9 Å². The van der Waals surface area contributed by atoms with Gasteiger partial charge in [0.15, 0.2) is 5.13 Å². The molecule has 0 spiro atoms. The van der Waals surface area contributed by atoms with Gasteiger partial charge in [0, 0.05) is 11.4 Å². The third-order valence-corrected chi connectivity index (χ3v) is 3.16. The highest BCUT2D eigenvalue weighted by atomic mass is 32.1. The van der Waals surface area contributed by atoms with Crippen LogP contribution >= 0.6 is 11.3 Å². The lowest BCUT2D eigenvalue weighted by Crippen LogP contribution is -2.20. The zero-order valence-electron chi connectivity index (χ0n) is 10.7. The molecule has 8 heteroatoms. The second kappa shape index (κ2) is 6.31. The molecule has 2 heterocycles. The molecule has 106 valence electrons. The largest absolute Gasteiger partial charge is 0.480 e. The fourth-order valence-corrected chi connectivity index (χ4v) is 2.19. The Morgan fingerprint density at radius 3 is 3.00 bits per heavy atom. The number of hydrogen-bond acceptors (Lipinski definition) is 7. The van der Waals surface area contributed by atoms with Crippen molar-refractivity contribution in [3.8, 4) is 5.88 Å². The molecule has 0 amide bonds. The van der Waals surface area contributed by atoms with E-state index < -0.39 is 12.0 Å². The van der Waals surface area contributed by atoms with Crippen molar-refractivity contribution < 1.29 is 14.6 Å². The minimum absolute atomic E-state index is 0.323. The van der Waals surface area contributed by atoms with E-state index in [1.165, 1.54) is 11.3 Å². The first-order chi connectivity index (χ1) is 9.60. The number of aliphatic carboxylic acids is 1. The number of nitrogens with one attached hydrogen (secondary N) is 1. The summed E-state index contributed by atoms with van der Waals surface area (Å²) in [6.07, 6.45) is 1.61. The Morgan fingerprint density at radius 2 is 2.40 bits per heavy atom. The summed E-state index contributed by atoms with van der Waals surface area (Å²) in [6, 6.07) is 2.43. The Bertz CT molecular complexity index is 585. The summed E-state index contributed by atoms with van der Waals surface area (Å²) in [4.78, 5) is 19.0. The van der Waals surface area contributed by atoms with Crippen LogP contribution in [0.2, 0.25) is 0 Å². The van der Waals surface area contributed by atoms with Gasteiger partial charge in [0.25, 0.3) is 0 Å². The Kier molecular flexibility index (Phi) is 4.49. The molecule has 0 saturated carbocycles. The first-order valence-corrected chi connectivity index (χ1v) is 6.77. The van der Waals surface area contributed by atoms with Crippen molar-refractivity contribution in [2.45, 2.75) is 13.0 Å². The molecule has 0 fully saturated rings. The number of ether oxygens (including phenoxy) is 1. The van der Waals surface area contributed by atoms with Crippen molar-refractivity contribution in [3.63, 3.8) is 0 Å². The average Bonchev–Trinajstić information content (AvgIpc) is 2.89. The highest BCUT2D eigenvalue weighted by Crippen LogP contribution is 2.23. The summed E-state index contributed by atoms with van der Waals surface area (Å²) in [5, 5.41) is 14.0. The van der Waals surface area contributed by atoms with E-state index in [2.05, 4.69) is 15.3 Å². The van der Waals surface area contributed by atoms with Gasteiger partial charge in [-0.15, -0.1) is 11.3 Å². The van der Waals surface area contributed by atoms with Crippen LogP contribution in [0.25, 0.3) is 0 Å². The van der Waals surface area contributed by atoms with Crippen molar-refractivity contribution in [1.29, 1.82) is 0 Å². The maximum Gasteiger partial charge on any atom is 0.326 e. The fourth-order valence-electron chi connectivity index (χ4n) is 1.42. The average molecular weight is 294 g/mol. The number of hydrogen-bond donors (Lipinski definition) is 3. The molecule has 1 unspecified atom stereocenters.